The van der Waals surface area contributed by atoms with E-state index in [9.17, 15) is 25.2 Å². The van der Waals surface area contributed by atoms with Crippen LogP contribution < -0.4 is 14.8 Å². The second-order valence-corrected chi connectivity index (χ2v) is 8.95. The third-order valence-electron chi connectivity index (χ3n) is 5.68. The van der Waals surface area contributed by atoms with Crippen LogP contribution in [0.25, 0.3) is 10.8 Å². The van der Waals surface area contributed by atoms with Crippen molar-refractivity contribution in [2.75, 3.05) is 13.6 Å². The minimum absolute atomic E-state index is 0.154. The summed E-state index contributed by atoms with van der Waals surface area (Å²) in [5, 5.41) is 46.1. The zero-order valence-corrected chi connectivity index (χ0v) is 19.2. The molecule has 6 atom stereocenters. The lowest BCUT2D eigenvalue weighted by atomic mass is 9.99. The number of aliphatic hydroxyl groups excluding tert-OH is 3. The van der Waals surface area contributed by atoms with E-state index in [4.69, 9.17) is 14.2 Å². The largest absolute Gasteiger partial charge is 0.484 e. The Kier molecular flexibility index (Phi) is 7.67. The topological polar surface area (TPSA) is 138 Å². The second-order valence-electron chi connectivity index (χ2n) is 7.97. The highest BCUT2D eigenvalue weighted by molar-refractivity contribution is 7.10. The maximum atomic E-state index is 11.4. The molecule has 1 aromatic heterocycles. The van der Waals surface area contributed by atoms with Gasteiger partial charge in [-0.25, -0.2) is 4.79 Å². The molecule has 182 valence electrons. The van der Waals surface area contributed by atoms with E-state index in [-0.39, 0.29) is 6.10 Å². The number of carbonyl (C=O) groups is 1. The lowest BCUT2D eigenvalue weighted by molar-refractivity contribution is -0.270. The number of fused-ring (bicyclic) bond motifs is 1. The third-order valence-corrected chi connectivity index (χ3v) is 6.65. The summed E-state index contributed by atoms with van der Waals surface area (Å²) in [6, 6.07) is 14.8. The van der Waals surface area contributed by atoms with E-state index in [1.165, 1.54) is 0 Å². The van der Waals surface area contributed by atoms with Crippen LogP contribution in [0, 0.1) is 0 Å². The van der Waals surface area contributed by atoms with Gasteiger partial charge in [-0.2, -0.15) is 0 Å². The van der Waals surface area contributed by atoms with Crippen molar-refractivity contribution in [3.63, 3.8) is 0 Å². The summed E-state index contributed by atoms with van der Waals surface area (Å²) in [4.78, 5) is 12.5. The summed E-state index contributed by atoms with van der Waals surface area (Å²) in [6.07, 6.45) is -7.80. The first-order valence-corrected chi connectivity index (χ1v) is 11.7. The normalized spacial score (nSPS) is 25.7. The molecule has 0 saturated carbocycles. The second kappa shape index (κ2) is 10.7. The van der Waals surface area contributed by atoms with E-state index in [2.05, 4.69) is 5.32 Å². The summed E-state index contributed by atoms with van der Waals surface area (Å²) >= 11 is 1.62. The zero-order chi connectivity index (χ0) is 24.2. The van der Waals surface area contributed by atoms with Crippen molar-refractivity contribution in [2.45, 2.75) is 43.2 Å². The van der Waals surface area contributed by atoms with Gasteiger partial charge in [0.15, 0.2) is 6.10 Å². The van der Waals surface area contributed by atoms with Gasteiger partial charge in [-0.1, -0.05) is 30.3 Å². The van der Waals surface area contributed by atoms with Gasteiger partial charge in [0.25, 0.3) is 0 Å². The number of rotatable bonds is 9. The number of carboxylic acid groups (broad SMARTS) is 1. The van der Waals surface area contributed by atoms with Crippen LogP contribution in [-0.2, 0) is 9.53 Å². The quantitative estimate of drug-likeness (QED) is 0.305. The highest BCUT2D eigenvalue weighted by Gasteiger charge is 2.48. The molecular weight excluding hydrogens is 462 g/mol. The van der Waals surface area contributed by atoms with Crippen molar-refractivity contribution in [1.82, 2.24) is 5.32 Å². The number of hydrogen-bond donors (Lipinski definition) is 5. The number of benzene rings is 2. The van der Waals surface area contributed by atoms with Gasteiger partial charge in [0.1, 0.15) is 35.9 Å². The van der Waals surface area contributed by atoms with Gasteiger partial charge in [0.2, 0.25) is 6.29 Å². The molecule has 1 saturated heterocycles. The molecule has 0 amide bonds. The highest BCUT2D eigenvalue weighted by Crippen LogP contribution is 2.37. The van der Waals surface area contributed by atoms with Gasteiger partial charge in [-0.15, -0.1) is 11.3 Å². The fourth-order valence-corrected chi connectivity index (χ4v) is 4.68. The first-order valence-electron chi connectivity index (χ1n) is 10.9. The van der Waals surface area contributed by atoms with E-state index in [0.717, 1.165) is 23.2 Å². The molecule has 34 heavy (non-hydrogen) atoms. The standard InChI is InChI=1S/C24H27NO8S/c1-25-11-10-17(18-9-4-12-34-18)31-15-7-2-6-14-13(15)5-3-8-16(14)32-24-21(28)19(26)20(27)22(33-24)23(29)30/h2-9,12,17,19-22,24-28H,10-11H2,1H3,(H,29,30)/t17-,19-,20-,21+,22-,24+/m0/s1. The van der Waals surface area contributed by atoms with Gasteiger partial charge < -0.3 is 40.0 Å². The van der Waals surface area contributed by atoms with Crippen LogP contribution in [0.4, 0.5) is 0 Å². The minimum atomic E-state index is -1.79. The fourth-order valence-electron chi connectivity index (χ4n) is 3.89. The molecule has 0 aliphatic carbocycles. The molecule has 1 fully saturated rings. The summed E-state index contributed by atoms with van der Waals surface area (Å²) in [6.45, 7) is 0.775. The Labute approximate surface area is 200 Å². The first-order chi connectivity index (χ1) is 16.4. The van der Waals surface area contributed by atoms with Gasteiger partial charge >= 0.3 is 5.97 Å². The summed E-state index contributed by atoms with van der Waals surface area (Å²) in [5.41, 5.74) is 0. The van der Waals surface area contributed by atoms with Crippen LogP contribution in [0.15, 0.2) is 53.9 Å². The van der Waals surface area contributed by atoms with Crippen molar-refractivity contribution in [1.29, 1.82) is 0 Å². The molecule has 0 bridgehead atoms. The Bertz CT molecular complexity index is 1110. The average Bonchev–Trinajstić information content (AvgIpc) is 3.37. The Morgan fingerprint density at radius 1 is 1.03 bits per heavy atom. The van der Waals surface area contributed by atoms with E-state index in [1.807, 2.05) is 42.8 Å². The number of aliphatic hydroxyl groups is 3. The molecule has 0 spiro atoms. The lowest BCUT2D eigenvalue weighted by Gasteiger charge is -2.38. The summed E-state index contributed by atoms with van der Waals surface area (Å²) in [7, 11) is 1.89. The van der Waals surface area contributed by atoms with Crippen LogP contribution in [0.5, 0.6) is 11.5 Å². The number of hydrogen-bond acceptors (Lipinski definition) is 9. The van der Waals surface area contributed by atoms with Gasteiger partial charge in [-0.3, -0.25) is 0 Å². The number of carboxylic acids is 1. The highest BCUT2D eigenvalue weighted by atomic mass is 32.1. The third kappa shape index (κ3) is 5.02. The predicted molar refractivity (Wildman–Crippen MR) is 125 cm³/mol. The van der Waals surface area contributed by atoms with E-state index in [1.54, 1.807) is 29.5 Å². The van der Waals surface area contributed by atoms with E-state index < -0.39 is 36.7 Å². The molecule has 0 radical (unpaired) electrons. The molecule has 5 N–H and O–H groups in total. The van der Waals surface area contributed by atoms with Crippen LogP contribution >= 0.6 is 11.3 Å². The van der Waals surface area contributed by atoms with Crippen LogP contribution in [0.2, 0.25) is 0 Å². The SMILES string of the molecule is CNCC[C@H](Oc1cccc2c(O[C@@H]3O[C@H](C(=O)O)[C@@H](O)[C@H](O)[C@H]3O)cccc12)c1cccs1. The van der Waals surface area contributed by atoms with Crippen molar-refractivity contribution in [3.05, 3.63) is 58.8 Å². The first kappa shape index (κ1) is 24.4. The van der Waals surface area contributed by atoms with E-state index in [0.29, 0.717) is 16.9 Å². The monoisotopic (exact) mass is 489 g/mol. The average molecular weight is 490 g/mol. The van der Waals surface area contributed by atoms with Crippen molar-refractivity contribution in [2.24, 2.45) is 0 Å². The molecule has 1 aliphatic rings. The summed E-state index contributed by atoms with van der Waals surface area (Å²) in [5.74, 6) is -0.522. The maximum Gasteiger partial charge on any atom is 0.335 e. The Morgan fingerprint density at radius 2 is 1.74 bits per heavy atom. The molecule has 4 rings (SSSR count). The molecule has 3 aromatic rings. The Morgan fingerprint density at radius 3 is 2.38 bits per heavy atom. The molecule has 0 unspecified atom stereocenters. The molecule has 9 nitrogen and oxygen atoms in total. The maximum absolute atomic E-state index is 11.4. The Balaban J connectivity index is 1.62. The van der Waals surface area contributed by atoms with E-state index >= 15 is 0 Å². The molecule has 2 heterocycles. The number of aliphatic carboxylic acids is 1. The lowest BCUT2D eigenvalue weighted by Crippen LogP contribution is -2.61. The zero-order valence-electron chi connectivity index (χ0n) is 18.4. The molecular formula is C24H27NO8S. The fraction of sp³-hybridized carbons (Fsp3) is 0.375. The van der Waals surface area contributed by atoms with Gasteiger partial charge in [-0.05, 0) is 37.2 Å². The summed E-state index contributed by atoms with van der Waals surface area (Å²) < 4.78 is 17.5. The number of thiophene rings is 1. The molecule has 1 aliphatic heterocycles. The predicted octanol–water partition coefficient (Wildman–Crippen LogP) is 1.90. The van der Waals surface area contributed by atoms with Gasteiger partial charge in [0, 0.05) is 22.1 Å². The van der Waals surface area contributed by atoms with Crippen molar-refractivity contribution in [3.8, 4) is 11.5 Å². The van der Waals surface area contributed by atoms with Crippen LogP contribution in [0.1, 0.15) is 17.4 Å². The van der Waals surface area contributed by atoms with Crippen molar-refractivity contribution >= 4 is 28.1 Å². The smallest absolute Gasteiger partial charge is 0.335 e. The van der Waals surface area contributed by atoms with Crippen molar-refractivity contribution < 1.29 is 39.4 Å². The minimum Gasteiger partial charge on any atom is -0.484 e. The number of nitrogens with one attached hydrogen (secondary N) is 1. The molecule has 2 aromatic carbocycles. The van der Waals surface area contributed by atoms with Gasteiger partial charge in [0.05, 0.1) is 0 Å². The van der Waals surface area contributed by atoms with Crippen LogP contribution in [-0.4, -0.2) is 70.7 Å². The Hall–Kier alpha value is -2.73. The number of ether oxygens (including phenoxy) is 3. The molecule has 10 heteroatoms. The van der Waals surface area contributed by atoms with Crippen LogP contribution in [0.3, 0.4) is 0 Å².